The van der Waals surface area contributed by atoms with Crippen LogP contribution < -0.4 is 11.3 Å². The molecular weight excluding hydrogens is 523 g/mol. The number of aromatic amines is 2. The molecule has 0 spiro atoms. The van der Waals surface area contributed by atoms with Gasteiger partial charge < -0.3 is 40.1 Å². The zero-order valence-electron chi connectivity index (χ0n) is 15.4. The van der Waals surface area contributed by atoms with E-state index in [1.54, 1.807) is 0 Å². The van der Waals surface area contributed by atoms with Gasteiger partial charge in [-0.05, 0) is 12.2 Å². The third-order valence-corrected chi connectivity index (χ3v) is 8.01. The second-order valence-electron chi connectivity index (χ2n) is 6.27. The first-order valence-corrected chi connectivity index (χ1v) is 13.1. The molecule has 180 valence electrons. The van der Waals surface area contributed by atoms with Gasteiger partial charge in [-0.2, -0.15) is 13.6 Å². The van der Waals surface area contributed by atoms with Crippen LogP contribution in [-0.4, -0.2) is 63.0 Å². The van der Waals surface area contributed by atoms with Gasteiger partial charge in [0, 0.05) is 6.42 Å². The largest absolute Gasteiger partial charge is 0.490 e. The van der Waals surface area contributed by atoms with Gasteiger partial charge in [-0.15, -0.1) is 0 Å². The van der Waals surface area contributed by atoms with E-state index in [1.807, 2.05) is 0 Å². The third kappa shape index (κ3) is 5.98. The zero-order valence-corrected chi connectivity index (χ0v) is 18.9. The summed E-state index contributed by atoms with van der Waals surface area (Å²) in [6, 6.07) is 0. The highest BCUT2D eigenvalue weighted by atomic mass is 32.1. The molecular formula is C10H16N5O13P3S. The molecule has 22 heteroatoms. The van der Waals surface area contributed by atoms with Crippen molar-refractivity contribution in [3.63, 3.8) is 0 Å². The molecule has 2 aromatic rings. The van der Waals surface area contributed by atoms with Crippen LogP contribution in [0.2, 0.25) is 0 Å². The molecule has 0 saturated carbocycles. The minimum absolute atomic E-state index is 0.00524. The molecule has 1 aliphatic rings. The summed E-state index contributed by atoms with van der Waals surface area (Å²) in [5, 5.41) is 10.2. The Kier molecular flexibility index (Phi) is 6.97. The topological polar surface area (TPSA) is 282 Å². The van der Waals surface area contributed by atoms with E-state index >= 15 is 0 Å². The maximum atomic E-state index is 12.0. The number of H-pyrrole nitrogens is 2. The molecule has 0 radical (unpaired) electrons. The lowest BCUT2D eigenvalue weighted by Gasteiger charge is -2.19. The van der Waals surface area contributed by atoms with Gasteiger partial charge in [0.25, 0.3) is 5.56 Å². The number of nitrogen functional groups attached to an aromatic ring is 1. The monoisotopic (exact) mass is 539 g/mol. The number of phosphoric acid groups is 3. The standard InChI is InChI=1S/C10H16N5O13P3S/c11-9-13-7-6(8(17)14-9)12-10(32)15(7)5-1-3(16)4(26-5)2-25-30(21,22)28-31(23,24)27-29(18,19)20/h3-5,16H,1-2H2,(H,12,32)(H,21,22)(H,23,24)(H2,18,19,20)(H3,11,13,14,17)/t3-,4+,5+/m0/s1. The summed E-state index contributed by atoms with van der Waals surface area (Å²) in [5.74, 6) is -0.215. The van der Waals surface area contributed by atoms with Crippen LogP contribution in [0.4, 0.5) is 5.95 Å². The highest BCUT2D eigenvalue weighted by Gasteiger charge is 2.43. The van der Waals surface area contributed by atoms with Crippen molar-refractivity contribution in [1.82, 2.24) is 19.5 Å². The smallest absolute Gasteiger partial charge is 0.390 e. The van der Waals surface area contributed by atoms with E-state index < -0.39 is 54.1 Å². The van der Waals surface area contributed by atoms with Gasteiger partial charge in [-0.3, -0.25) is 18.9 Å². The van der Waals surface area contributed by atoms with E-state index in [0.717, 1.165) is 0 Å². The van der Waals surface area contributed by atoms with Crippen LogP contribution >= 0.6 is 35.7 Å². The molecule has 1 aliphatic heterocycles. The van der Waals surface area contributed by atoms with Crippen LogP contribution in [0.25, 0.3) is 11.2 Å². The number of aliphatic hydroxyl groups excluding tert-OH is 1. The van der Waals surface area contributed by atoms with Crippen molar-refractivity contribution in [1.29, 1.82) is 0 Å². The van der Waals surface area contributed by atoms with E-state index in [1.165, 1.54) is 4.57 Å². The SMILES string of the molecule is Nc1nc2c([nH]c(=S)n2[C@H]2C[C@H](O)[C@@H](COP(=O)(O)OP(=O)(O)OP(=O)(O)O)O2)c(=O)[nH]1. The van der Waals surface area contributed by atoms with Crippen LogP contribution in [-0.2, 0) is 31.6 Å². The highest BCUT2D eigenvalue weighted by molar-refractivity contribution is 7.71. The number of nitrogens with zero attached hydrogens (tertiary/aromatic N) is 2. The summed E-state index contributed by atoms with van der Waals surface area (Å²) < 4.78 is 52.2. The first-order chi connectivity index (χ1) is 14.6. The Hall–Kier alpha value is -1.30. The molecule has 0 bridgehead atoms. The number of phosphoric ester groups is 1. The molecule has 1 saturated heterocycles. The minimum atomic E-state index is -5.69. The predicted octanol–water partition coefficient (Wildman–Crippen LogP) is -0.644. The number of fused-ring (bicyclic) bond motifs is 1. The molecule has 2 unspecified atom stereocenters. The maximum Gasteiger partial charge on any atom is 0.490 e. The van der Waals surface area contributed by atoms with Gasteiger partial charge >= 0.3 is 23.5 Å². The summed E-state index contributed by atoms with van der Waals surface area (Å²) in [5.41, 5.74) is 4.92. The fourth-order valence-corrected chi connectivity index (χ4v) is 6.13. The molecule has 5 atom stereocenters. The fraction of sp³-hybridized carbons (Fsp3) is 0.500. The van der Waals surface area contributed by atoms with Crippen molar-refractivity contribution in [3.05, 3.63) is 15.1 Å². The average Bonchev–Trinajstić information content (AvgIpc) is 3.09. The Morgan fingerprint density at radius 3 is 2.47 bits per heavy atom. The van der Waals surface area contributed by atoms with Gasteiger partial charge in [0.2, 0.25) is 5.95 Å². The number of nitrogens with two attached hydrogens (primary N) is 1. The Labute approximate surface area is 181 Å². The van der Waals surface area contributed by atoms with Crippen molar-refractivity contribution in [2.24, 2.45) is 0 Å². The number of hydrogen-bond donors (Lipinski definition) is 8. The van der Waals surface area contributed by atoms with Gasteiger partial charge in [0.15, 0.2) is 15.9 Å². The number of ether oxygens (including phenoxy) is 1. The number of rotatable bonds is 8. The maximum absolute atomic E-state index is 12.0. The van der Waals surface area contributed by atoms with Crippen molar-refractivity contribution in [3.8, 4) is 0 Å². The number of hydrogen-bond acceptors (Lipinski definition) is 12. The molecule has 18 nitrogen and oxygen atoms in total. The van der Waals surface area contributed by atoms with Crippen LogP contribution in [0.3, 0.4) is 0 Å². The second kappa shape index (κ2) is 8.81. The van der Waals surface area contributed by atoms with E-state index in [0.29, 0.717) is 0 Å². The first kappa shape index (κ1) is 25.3. The Balaban J connectivity index is 1.72. The Bertz CT molecular complexity index is 1280. The summed E-state index contributed by atoms with van der Waals surface area (Å²) in [4.78, 5) is 56.5. The molecule has 32 heavy (non-hydrogen) atoms. The molecule has 0 aromatic carbocycles. The van der Waals surface area contributed by atoms with Gasteiger partial charge in [0.1, 0.15) is 12.3 Å². The van der Waals surface area contributed by atoms with Gasteiger partial charge in [0.05, 0.1) is 12.7 Å². The summed E-state index contributed by atoms with van der Waals surface area (Å²) in [6.45, 7) is -0.868. The number of nitrogens with one attached hydrogen (secondary N) is 2. The quantitative estimate of drug-likeness (QED) is 0.153. The summed E-state index contributed by atoms with van der Waals surface area (Å²) in [7, 11) is -16.6. The third-order valence-electron chi connectivity index (χ3n) is 3.91. The van der Waals surface area contributed by atoms with Crippen molar-refractivity contribution >= 4 is 52.8 Å². The average molecular weight is 539 g/mol. The van der Waals surface area contributed by atoms with E-state index in [9.17, 15) is 28.5 Å². The van der Waals surface area contributed by atoms with E-state index in [-0.39, 0.29) is 28.3 Å². The molecule has 3 heterocycles. The number of aliphatic hydroxyl groups is 1. The van der Waals surface area contributed by atoms with Crippen molar-refractivity contribution in [2.45, 2.75) is 24.9 Å². The minimum Gasteiger partial charge on any atom is -0.390 e. The number of anilines is 1. The second-order valence-corrected chi connectivity index (χ2v) is 11.1. The normalized spacial score (nSPS) is 25.6. The summed E-state index contributed by atoms with van der Waals surface area (Å²) >= 11 is 5.14. The first-order valence-electron chi connectivity index (χ1n) is 8.19. The molecule has 3 rings (SSSR count). The van der Waals surface area contributed by atoms with Crippen LogP contribution in [0.15, 0.2) is 4.79 Å². The molecule has 2 aromatic heterocycles. The van der Waals surface area contributed by atoms with E-state index in [2.05, 4.69) is 28.1 Å². The fourth-order valence-electron chi connectivity index (χ4n) is 2.79. The number of imidazole rings is 1. The molecule has 0 aliphatic carbocycles. The zero-order chi connectivity index (χ0) is 24.1. The molecule has 9 N–H and O–H groups in total. The lowest BCUT2D eigenvalue weighted by atomic mass is 10.2. The Morgan fingerprint density at radius 2 is 1.84 bits per heavy atom. The van der Waals surface area contributed by atoms with Crippen molar-refractivity contribution in [2.75, 3.05) is 12.3 Å². The van der Waals surface area contributed by atoms with Crippen LogP contribution in [0.5, 0.6) is 0 Å². The highest BCUT2D eigenvalue weighted by Crippen LogP contribution is 2.66. The van der Waals surface area contributed by atoms with Crippen molar-refractivity contribution < 1.29 is 56.3 Å². The predicted molar refractivity (Wildman–Crippen MR) is 104 cm³/mol. The van der Waals surface area contributed by atoms with Gasteiger partial charge in [-0.25, -0.2) is 13.7 Å². The molecule has 1 fully saturated rings. The van der Waals surface area contributed by atoms with E-state index in [4.69, 9.17) is 37.4 Å². The van der Waals surface area contributed by atoms with Gasteiger partial charge in [-0.1, -0.05) is 0 Å². The number of aromatic nitrogens is 4. The summed E-state index contributed by atoms with van der Waals surface area (Å²) in [6.07, 6.45) is -3.76. The Morgan fingerprint density at radius 1 is 1.19 bits per heavy atom. The lowest BCUT2D eigenvalue weighted by Crippen LogP contribution is -2.26. The molecule has 0 amide bonds. The van der Waals surface area contributed by atoms with Crippen LogP contribution in [0.1, 0.15) is 12.6 Å². The van der Waals surface area contributed by atoms with Crippen LogP contribution in [0, 0.1) is 4.77 Å². The lowest BCUT2D eigenvalue weighted by molar-refractivity contribution is -0.0427.